The molecule has 0 bridgehead atoms. The van der Waals surface area contributed by atoms with Gasteiger partial charge in [0.05, 0.1) is 18.0 Å². The molecule has 42 heteroatoms. The van der Waals surface area contributed by atoms with E-state index in [0.29, 0.717) is 71.0 Å². The number of hydrogen-bond donors (Lipinski definition) is 10. The topological polar surface area (TPSA) is 545 Å². The van der Waals surface area contributed by atoms with Crippen LogP contribution in [0.1, 0.15) is 240 Å². The molecule has 11 amide bonds. The van der Waals surface area contributed by atoms with Gasteiger partial charge >= 0.3 is 36.1 Å². The van der Waals surface area contributed by atoms with Crippen LogP contribution in [-0.4, -0.2) is 281 Å². The molecule has 0 radical (unpaired) electrons. The molecule has 150 heavy (non-hydrogen) atoms. The fraction of sp³-hybridized carbons (Fsp3) is 0.611. The normalized spacial score (nSPS) is 24.6. The summed E-state index contributed by atoms with van der Waals surface area (Å²) in [6.45, 7) is 36.4. The minimum Gasteiger partial charge on any atom is -0.456 e. The van der Waals surface area contributed by atoms with Crippen molar-refractivity contribution < 1.29 is 125 Å². The number of halogens is 2. The summed E-state index contributed by atoms with van der Waals surface area (Å²) in [5, 5.41) is 48.4. The molecule has 0 aromatic heterocycles. The Morgan fingerprint density at radius 1 is 0.533 bits per heavy atom. The Morgan fingerprint density at radius 2 is 0.900 bits per heavy atom. The van der Waals surface area contributed by atoms with E-state index in [-0.39, 0.29) is 86.1 Å². The maximum absolute atomic E-state index is 14.3. The highest BCUT2D eigenvalue weighted by Crippen LogP contribution is 2.32. The molecule has 0 aliphatic carbocycles. The monoisotopic (exact) mass is 2140 g/mol. The lowest BCUT2D eigenvalue weighted by atomic mass is 9.90. The molecule has 11 N–H and O–H groups in total. The lowest BCUT2D eigenvalue weighted by molar-refractivity contribution is -0.384. The minimum atomic E-state index is -1.73. The average molecular weight is 2150 g/mol. The van der Waals surface area contributed by atoms with Crippen molar-refractivity contribution in [3.63, 3.8) is 0 Å². The number of nitro benzene ring substituents is 1. The van der Waals surface area contributed by atoms with E-state index in [2.05, 4.69) is 37.2 Å². The number of carbonyl (C=O) groups excluding carboxylic acids is 16. The van der Waals surface area contributed by atoms with Gasteiger partial charge in [-0.25, -0.2) is 28.8 Å². The number of allylic oxidation sites excluding steroid dienone is 2. The lowest BCUT2D eigenvalue weighted by Crippen LogP contribution is -2.60. The van der Waals surface area contributed by atoms with Gasteiger partial charge in [0.15, 0.2) is 12.2 Å². The van der Waals surface area contributed by atoms with Gasteiger partial charge in [-0.05, 0) is 223 Å². The van der Waals surface area contributed by atoms with Gasteiger partial charge in [-0.1, -0.05) is 154 Å². The molecule has 0 spiro atoms. The van der Waals surface area contributed by atoms with E-state index in [4.69, 9.17) is 72.3 Å². The highest BCUT2D eigenvalue weighted by atomic mass is 35.5. The molecule has 2 heterocycles. The standard InChI is InChI=1S/C52H71ClN6O14.C51H79ClN6O12.C5H13NO/c1-14-30(5)43-46(62)56-52(10,11)50(66)73-44(31(6)15-2)33(8)40(72-51(67)70-38-23-21-37(22-24-38)59(68)69)25-16-32(7)49(65)71-41(26-29(3)4)45(61)54-34(9)47(63)58(13)39(27-35-17-19-36(53)20-18-35)48(64)57(12)28-42(60)55-43;1-14-31(5)42-45(62)56-51(10,11)49(66)70-43(32(6)15-2)34(8)39(69-50(67)53-25-17-16-18-26-59)24-19-33(7)48(65)68-40(27-30(3)4)44(61)54-35(9)46(63)58(13)38(28-36-20-22-37(52)23-21-36)47(64)57(12)29-41(60)55-42;6-4-2-1-3-5-7/h15-24,29-30,33-34,39-41,43-44H,14,25-28H2,1-13H3,(H,54,61)(H,55,60)(H,56,62);15,19-23,30-31,34-35,38-40,42-43,59H,14,16-18,24-29H2,1-13H3,(H,53,67)(H,54,61)(H,55,60)(H,56,62);7H,1-6H2/b31-15+,32-16+;32-15+,33-19+;/t30?,33-,34-,39+,40-,41+,43-,44+;31?,34-,35-,38+,39-,40+,42-,43+;/m00./s1. The summed E-state index contributed by atoms with van der Waals surface area (Å²) < 4.78 is 41.0. The first-order valence-corrected chi connectivity index (χ1v) is 51.8. The number of alkyl carbamates (subject to hydrolysis) is 1. The number of amides is 11. The van der Waals surface area contributed by atoms with Gasteiger partial charge < -0.3 is 106 Å². The smallest absolute Gasteiger partial charge is 0.456 e. The number of unbranched alkanes of at least 4 members (excludes halogenated alkanes) is 4. The molecule has 836 valence electrons. The number of aliphatic hydroxyl groups is 2. The molecule has 16 atom stereocenters. The SMILES string of the molecule is C/C=C(\C)[C@H]1OC(=O)C(C)(C)NC(=O)[C@H](C(C)CC)NC(=O)CN(C)C(=O)[C@@H](Cc2ccc(Cl)cc2)N(C)C(=O)[C@H](C)NC(=O)[C@@H](CC(C)C)OC(=O)/C(C)=C/C[C@H](OC(=O)NCCCCCO)[C@@H]1C.C/C=C(\C)[C@H]1OC(=O)C(C)(C)NC(=O)[C@H](C(C)CC)NC(=O)CN(C)C(=O)[C@@H](Cc2ccc(Cl)cc2)N(C)C(=O)[C@H](C)NC(=O)[C@@H](CC(C)C)OC(=O)/C(C)=C/C[C@H](OC(=O)Oc2ccc([N+](=O)[O-])cc2)[C@@H]1C.NCCCCCO. The van der Waals surface area contributed by atoms with E-state index in [1.54, 1.807) is 130 Å². The van der Waals surface area contributed by atoms with E-state index in [1.807, 2.05) is 27.7 Å². The van der Waals surface area contributed by atoms with Crippen LogP contribution in [0, 0.1) is 45.6 Å². The number of aliphatic hydroxyl groups excluding tert-OH is 2. The molecule has 3 aromatic carbocycles. The summed E-state index contributed by atoms with van der Waals surface area (Å²) in [6.07, 6.45) is 2.76. The van der Waals surface area contributed by atoms with Crippen LogP contribution in [-0.2, 0) is 108 Å². The van der Waals surface area contributed by atoms with Crippen LogP contribution in [0.3, 0.4) is 0 Å². The zero-order chi connectivity index (χ0) is 114. The molecular weight excluding hydrogens is 1980 g/mol. The second-order valence-electron chi connectivity index (χ2n) is 40.2. The first kappa shape index (κ1) is 132. The number of likely N-dealkylation sites (N-methyl/N-ethyl adjacent to an activating group) is 4. The van der Waals surface area contributed by atoms with Crippen molar-refractivity contribution >= 4 is 124 Å². The largest absolute Gasteiger partial charge is 0.514 e. The number of ether oxygens (including phenoxy) is 7. The lowest BCUT2D eigenvalue weighted by Gasteiger charge is -2.35. The van der Waals surface area contributed by atoms with Crippen LogP contribution in [0.4, 0.5) is 15.3 Å². The highest BCUT2D eigenvalue weighted by molar-refractivity contribution is 6.30. The molecule has 2 unspecified atom stereocenters. The van der Waals surface area contributed by atoms with Gasteiger partial charge in [0.1, 0.15) is 77.5 Å². The molecule has 2 aliphatic rings. The van der Waals surface area contributed by atoms with Crippen molar-refractivity contribution in [2.75, 3.05) is 67.6 Å². The van der Waals surface area contributed by atoms with Gasteiger partial charge in [-0.2, -0.15) is 0 Å². The van der Waals surface area contributed by atoms with E-state index in [9.17, 15) is 86.8 Å². The molecular formula is C108H163Cl2N13O27. The summed E-state index contributed by atoms with van der Waals surface area (Å²) in [6, 6.07) is 10.7. The maximum Gasteiger partial charge on any atom is 0.514 e. The predicted molar refractivity (Wildman–Crippen MR) is 567 cm³/mol. The second-order valence-corrected chi connectivity index (χ2v) is 41.1. The number of hydrogen-bond acceptors (Lipinski definition) is 28. The van der Waals surface area contributed by atoms with Gasteiger partial charge in [-0.3, -0.25) is 58.1 Å². The minimum absolute atomic E-state index is 0.00233. The number of nitrogens with zero attached hydrogens (tertiary/aromatic N) is 5. The van der Waals surface area contributed by atoms with E-state index >= 15 is 0 Å². The van der Waals surface area contributed by atoms with E-state index in [0.717, 1.165) is 52.6 Å². The second kappa shape index (κ2) is 65.0. The van der Waals surface area contributed by atoms with Crippen LogP contribution in [0.25, 0.3) is 0 Å². The molecule has 0 saturated carbocycles. The number of non-ortho nitro benzene ring substituents is 1. The Kier molecular flexibility index (Phi) is 57.1. The van der Waals surface area contributed by atoms with Gasteiger partial charge in [-0.15, -0.1) is 0 Å². The number of esters is 4. The molecule has 0 saturated heterocycles. The Balaban J connectivity index is 0.000000723. The molecule has 40 nitrogen and oxygen atoms in total. The fourth-order valence-electron chi connectivity index (χ4n) is 15.7. The number of carbonyl (C=O) groups is 16. The quantitative estimate of drug-likeness (QED) is 0.00644. The molecule has 3 aromatic rings. The van der Waals surface area contributed by atoms with Crippen molar-refractivity contribution in [2.24, 2.45) is 41.2 Å². The fourth-order valence-corrected chi connectivity index (χ4v) is 16.0. The zero-order valence-electron chi connectivity index (χ0n) is 91.9. The number of nitrogens with two attached hydrogens (primary N) is 1. The van der Waals surface area contributed by atoms with Crippen molar-refractivity contribution in [2.45, 2.75) is 326 Å². The van der Waals surface area contributed by atoms with Crippen LogP contribution in [0.2, 0.25) is 10.0 Å². The van der Waals surface area contributed by atoms with Crippen LogP contribution in [0.15, 0.2) is 119 Å². The summed E-state index contributed by atoms with van der Waals surface area (Å²) in [5.41, 5.74) is 3.98. The third kappa shape index (κ3) is 43.9. The maximum atomic E-state index is 14.3. The number of rotatable bonds is 27. The first-order chi connectivity index (χ1) is 70.3. The van der Waals surface area contributed by atoms with Crippen molar-refractivity contribution in [3.05, 3.63) is 151 Å². The Bertz CT molecular complexity index is 5120. The zero-order valence-corrected chi connectivity index (χ0v) is 93.5. The summed E-state index contributed by atoms with van der Waals surface area (Å²) >= 11 is 12.3. The Morgan fingerprint density at radius 3 is 1.24 bits per heavy atom. The van der Waals surface area contributed by atoms with Crippen LogP contribution < -0.4 is 47.7 Å². The molecule has 0 fully saturated rings. The third-order valence-electron chi connectivity index (χ3n) is 25.9. The van der Waals surface area contributed by atoms with Gasteiger partial charge in [0, 0.05) is 119 Å². The van der Waals surface area contributed by atoms with Gasteiger partial charge in [0.2, 0.25) is 47.3 Å². The Labute approximate surface area is 892 Å². The van der Waals surface area contributed by atoms with Crippen LogP contribution in [0.5, 0.6) is 5.75 Å². The average Bonchev–Trinajstić information content (AvgIpc) is 0.855. The Hall–Kier alpha value is -12.4. The van der Waals surface area contributed by atoms with E-state index in [1.165, 1.54) is 113 Å². The molecule has 2 aliphatic heterocycles. The predicted octanol–water partition coefficient (Wildman–Crippen LogP) is 11.7. The van der Waals surface area contributed by atoms with Crippen molar-refractivity contribution in [3.8, 4) is 5.75 Å². The number of cyclic esters (lactones) is 4. The number of nitrogens with one attached hydrogen (secondary N) is 7. The number of benzene rings is 3. The van der Waals surface area contributed by atoms with Gasteiger partial charge in [0.25, 0.3) is 17.5 Å². The molecule has 5 rings (SSSR count). The summed E-state index contributed by atoms with van der Waals surface area (Å²) in [7, 11) is 5.55. The van der Waals surface area contributed by atoms with Crippen LogP contribution >= 0.6 is 23.2 Å². The van der Waals surface area contributed by atoms with Crippen molar-refractivity contribution in [1.82, 2.24) is 56.8 Å². The first-order valence-electron chi connectivity index (χ1n) is 51.1. The van der Waals surface area contributed by atoms with Crippen molar-refractivity contribution in [1.29, 1.82) is 0 Å². The summed E-state index contributed by atoms with van der Waals surface area (Å²) in [4.78, 5) is 238. The number of nitro groups is 1. The highest BCUT2D eigenvalue weighted by Gasteiger charge is 2.45. The summed E-state index contributed by atoms with van der Waals surface area (Å²) in [5.74, 6) is -13.4. The third-order valence-corrected chi connectivity index (χ3v) is 26.4. The van der Waals surface area contributed by atoms with E-state index < -0.39 is 221 Å².